The lowest BCUT2D eigenvalue weighted by atomic mass is 9.99. The fraction of sp³-hybridized carbons (Fsp3) is 0.500. The summed E-state index contributed by atoms with van der Waals surface area (Å²) in [7, 11) is 0. The van der Waals surface area contributed by atoms with E-state index in [4.69, 9.17) is 0 Å². The lowest BCUT2D eigenvalue weighted by Gasteiger charge is -2.37. The molecule has 0 unspecified atom stereocenters. The smallest absolute Gasteiger partial charge is 0.254 e. The van der Waals surface area contributed by atoms with Crippen LogP contribution in [0.25, 0.3) is 0 Å². The number of piperazine rings is 1. The zero-order valence-electron chi connectivity index (χ0n) is 21.0. The van der Waals surface area contributed by atoms with Gasteiger partial charge in [0.2, 0.25) is 0 Å². The van der Waals surface area contributed by atoms with E-state index < -0.39 is 0 Å². The van der Waals surface area contributed by atoms with Gasteiger partial charge in [-0.15, -0.1) is 0 Å². The molecule has 2 saturated heterocycles. The number of hydrogen-bond acceptors (Lipinski definition) is 5. The van der Waals surface area contributed by atoms with E-state index in [0.29, 0.717) is 12.1 Å². The molecule has 2 heterocycles. The average molecular weight is 460 g/mol. The van der Waals surface area contributed by atoms with Gasteiger partial charge in [0.25, 0.3) is 5.91 Å². The van der Waals surface area contributed by atoms with Crippen molar-refractivity contribution in [3.63, 3.8) is 0 Å². The second kappa shape index (κ2) is 10.5. The number of aryl methyl sites for hydroxylation is 2. The van der Waals surface area contributed by atoms with Gasteiger partial charge in [0.15, 0.2) is 0 Å². The SMILES string of the molecule is Cc1cc(C)c(C(=O)N2CCN(C(C)C)CC2)cc1NC1CCN(c2ccccc2C#N)CC1. The van der Waals surface area contributed by atoms with Crippen LogP contribution in [0, 0.1) is 25.2 Å². The Morgan fingerprint density at radius 1 is 1.00 bits per heavy atom. The Labute approximate surface area is 204 Å². The first-order chi connectivity index (χ1) is 16.4. The summed E-state index contributed by atoms with van der Waals surface area (Å²) in [5.74, 6) is 0.145. The first kappa shape index (κ1) is 24.1. The fourth-order valence-corrected chi connectivity index (χ4v) is 5.18. The van der Waals surface area contributed by atoms with Crippen LogP contribution in [0.5, 0.6) is 0 Å². The van der Waals surface area contributed by atoms with E-state index >= 15 is 0 Å². The Kier molecular flexibility index (Phi) is 7.43. The van der Waals surface area contributed by atoms with Gasteiger partial charge in [0, 0.05) is 62.6 Å². The molecule has 4 rings (SSSR count). The normalized spacial score (nSPS) is 17.6. The van der Waals surface area contributed by atoms with Crippen molar-refractivity contribution >= 4 is 17.3 Å². The van der Waals surface area contributed by atoms with Gasteiger partial charge in [-0.2, -0.15) is 5.26 Å². The van der Waals surface area contributed by atoms with Crippen molar-refractivity contribution in [3.05, 3.63) is 58.7 Å². The maximum absolute atomic E-state index is 13.4. The molecule has 0 radical (unpaired) electrons. The summed E-state index contributed by atoms with van der Waals surface area (Å²) in [6.07, 6.45) is 1.99. The highest BCUT2D eigenvalue weighted by Gasteiger charge is 2.26. The van der Waals surface area contributed by atoms with Gasteiger partial charge in [-0.1, -0.05) is 18.2 Å². The number of para-hydroxylation sites is 1. The minimum absolute atomic E-state index is 0.145. The number of benzene rings is 2. The molecule has 180 valence electrons. The largest absolute Gasteiger partial charge is 0.382 e. The van der Waals surface area contributed by atoms with E-state index in [1.165, 1.54) is 5.56 Å². The Hall–Kier alpha value is -3.04. The molecule has 2 aromatic rings. The second-order valence-corrected chi connectivity index (χ2v) is 9.94. The molecule has 2 aliphatic heterocycles. The van der Waals surface area contributed by atoms with Gasteiger partial charge in [0.05, 0.1) is 11.3 Å². The summed E-state index contributed by atoms with van der Waals surface area (Å²) in [6, 6.07) is 15.2. The van der Waals surface area contributed by atoms with Crippen LogP contribution >= 0.6 is 0 Å². The van der Waals surface area contributed by atoms with Crippen LogP contribution in [-0.2, 0) is 0 Å². The number of nitrogens with zero attached hydrogens (tertiary/aromatic N) is 4. The molecule has 0 spiro atoms. The monoisotopic (exact) mass is 459 g/mol. The molecule has 2 aliphatic rings. The fourth-order valence-electron chi connectivity index (χ4n) is 5.18. The van der Waals surface area contributed by atoms with Crippen molar-refractivity contribution in [2.24, 2.45) is 0 Å². The molecule has 34 heavy (non-hydrogen) atoms. The number of amides is 1. The van der Waals surface area contributed by atoms with Crippen molar-refractivity contribution < 1.29 is 4.79 Å². The van der Waals surface area contributed by atoms with Crippen molar-refractivity contribution in [1.82, 2.24) is 9.80 Å². The van der Waals surface area contributed by atoms with Gasteiger partial charge in [-0.25, -0.2) is 0 Å². The lowest BCUT2D eigenvalue weighted by molar-refractivity contribution is 0.0595. The van der Waals surface area contributed by atoms with Crippen molar-refractivity contribution in [2.45, 2.75) is 52.6 Å². The summed E-state index contributed by atoms with van der Waals surface area (Å²) in [5.41, 5.74) is 5.86. The van der Waals surface area contributed by atoms with Gasteiger partial charge < -0.3 is 15.1 Å². The molecule has 6 heteroatoms. The number of nitrogens with one attached hydrogen (secondary N) is 1. The molecule has 6 nitrogen and oxygen atoms in total. The van der Waals surface area contributed by atoms with Crippen LogP contribution in [0.1, 0.15) is 53.7 Å². The molecule has 1 N–H and O–H groups in total. The first-order valence-corrected chi connectivity index (χ1v) is 12.5. The molecule has 0 aromatic heterocycles. The minimum Gasteiger partial charge on any atom is -0.382 e. The van der Waals surface area contributed by atoms with Crippen LogP contribution in [0.15, 0.2) is 36.4 Å². The topological polar surface area (TPSA) is 62.6 Å². The quantitative estimate of drug-likeness (QED) is 0.717. The summed E-state index contributed by atoms with van der Waals surface area (Å²) < 4.78 is 0. The number of carbonyl (C=O) groups is 1. The molecular formula is C28H37N5O. The van der Waals surface area contributed by atoms with E-state index in [2.05, 4.69) is 54.1 Å². The predicted octanol–water partition coefficient (Wildman–Crippen LogP) is 4.42. The Balaban J connectivity index is 1.41. The van der Waals surface area contributed by atoms with E-state index in [1.54, 1.807) is 0 Å². The third kappa shape index (κ3) is 5.20. The van der Waals surface area contributed by atoms with Crippen molar-refractivity contribution in [2.75, 3.05) is 49.5 Å². The van der Waals surface area contributed by atoms with Crippen LogP contribution in [-0.4, -0.2) is 67.1 Å². The molecule has 0 saturated carbocycles. The second-order valence-electron chi connectivity index (χ2n) is 9.94. The standard InChI is InChI=1S/C28H37N5O/c1-20(2)31-13-15-33(16-14-31)28(34)25-18-26(22(4)17-21(25)3)30-24-9-11-32(12-10-24)27-8-6-5-7-23(27)19-29/h5-8,17-18,20,24,30H,9-16H2,1-4H3. The molecule has 1 amide bonds. The van der Waals surface area contributed by atoms with E-state index in [9.17, 15) is 10.1 Å². The van der Waals surface area contributed by atoms with Crippen LogP contribution in [0.4, 0.5) is 11.4 Å². The summed E-state index contributed by atoms with van der Waals surface area (Å²) >= 11 is 0. The summed E-state index contributed by atoms with van der Waals surface area (Å²) in [5, 5.41) is 13.2. The number of piperidine rings is 1. The van der Waals surface area contributed by atoms with E-state index in [-0.39, 0.29) is 5.91 Å². The summed E-state index contributed by atoms with van der Waals surface area (Å²) in [4.78, 5) is 20.1. The number of nitriles is 1. The molecule has 0 aliphatic carbocycles. The van der Waals surface area contributed by atoms with Gasteiger partial charge >= 0.3 is 0 Å². The maximum atomic E-state index is 13.4. The maximum Gasteiger partial charge on any atom is 0.254 e. The Morgan fingerprint density at radius 2 is 1.68 bits per heavy atom. The molecule has 2 fully saturated rings. The summed E-state index contributed by atoms with van der Waals surface area (Å²) in [6.45, 7) is 13.9. The molecule has 0 bridgehead atoms. The van der Waals surface area contributed by atoms with Gasteiger partial charge in [-0.05, 0) is 69.9 Å². The van der Waals surface area contributed by atoms with E-state index in [1.807, 2.05) is 36.1 Å². The zero-order valence-corrected chi connectivity index (χ0v) is 21.0. The molecule has 0 atom stereocenters. The first-order valence-electron chi connectivity index (χ1n) is 12.5. The van der Waals surface area contributed by atoms with Crippen molar-refractivity contribution in [1.29, 1.82) is 5.26 Å². The van der Waals surface area contributed by atoms with E-state index in [0.717, 1.165) is 80.2 Å². The van der Waals surface area contributed by atoms with Crippen LogP contribution in [0.3, 0.4) is 0 Å². The average Bonchev–Trinajstić information content (AvgIpc) is 2.85. The molecule has 2 aromatic carbocycles. The van der Waals surface area contributed by atoms with Crippen LogP contribution < -0.4 is 10.2 Å². The van der Waals surface area contributed by atoms with Crippen molar-refractivity contribution in [3.8, 4) is 6.07 Å². The lowest BCUT2D eigenvalue weighted by Crippen LogP contribution is -2.50. The minimum atomic E-state index is 0.145. The third-order valence-electron chi connectivity index (χ3n) is 7.35. The number of carbonyl (C=O) groups excluding carboxylic acids is 1. The number of hydrogen-bond donors (Lipinski definition) is 1. The zero-order chi connectivity index (χ0) is 24.2. The highest BCUT2D eigenvalue weighted by Crippen LogP contribution is 2.28. The van der Waals surface area contributed by atoms with Gasteiger partial charge in [-0.3, -0.25) is 9.69 Å². The van der Waals surface area contributed by atoms with Gasteiger partial charge in [0.1, 0.15) is 6.07 Å². The Bertz CT molecular complexity index is 1060. The third-order valence-corrected chi connectivity index (χ3v) is 7.35. The number of anilines is 2. The predicted molar refractivity (Wildman–Crippen MR) is 139 cm³/mol. The highest BCUT2D eigenvalue weighted by atomic mass is 16.2. The van der Waals surface area contributed by atoms with Crippen LogP contribution in [0.2, 0.25) is 0 Å². The Morgan fingerprint density at radius 3 is 2.32 bits per heavy atom. The molecular weight excluding hydrogens is 422 g/mol. The highest BCUT2D eigenvalue weighted by molar-refractivity contribution is 5.97. The number of rotatable bonds is 5.